The lowest BCUT2D eigenvalue weighted by atomic mass is 9.69. The Morgan fingerprint density at radius 3 is 2.17 bits per heavy atom. The minimum absolute atomic E-state index is 0.0368. The molecule has 2 aromatic rings. The number of benzene rings is 2. The van der Waals surface area contributed by atoms with Gasteiger partial charge < -0.3 is 0 Å². The Morgan fingerprint density at radius 1 is 0.967 bits per heavy atom. The van der Waals surface area contributed by atoms with E-state index in [-0.39, 0.29) is 23.5 Å². The summed E-state index contributed by atoms with van der Waals surface area (Å²) in [6, 6.07) is 11.4. The Labute approximate surface area is 187 Å². The number of carbonyl (C=O) groups excluding carboxylic acids is 2. The van der Waals surface area contributed by atoms with Crippen LogP contribution in [0.1, 0.15) is 55.7 Å². The lowest BCUT2D eigenvalue weighted by Gasteiger charge is -2.43. The number of hydrogen-bond donors (Lipinski definition) is 0. The van der Waals surface area contributed by atoms with Crippen molar-refractivity contribution < 1.29 is 9.59 Å². The van der Waals surface area contributed by atoms with Crippen molar-refractivity contribution in [2.75, 3.05) is 4.90 Å². The van der Waals surface area contributed by atoms with E-state index in [4.69, 9.17) is 23.2 Å². The number of Topliss-reactive ketones (excluding diaryl/α,β-unsaturated/α-hetero) is 1. The second kappa shape index (κ2) is 7.55. The second-order valence-corrected chi connectivity index (χ2v) is 10.1. The molecule has 0 fully saturated rings. The molecule has 1 heterocycles. The third-order valence-corrected chi connectivity index (χ3v) is 6.61. The maximum absolute atomic E-state index is 13.5. The summed E-state index contributed by atoms with van der Waals surface area (Å²) in [4.78, 5) is 28.6. The number of carbonyl (C=O) groups is 2. The van der Waals surface area contributed by atoms with E-state index in [1.807, 2.05) is 26.0 Å². The number of amides is 1. The van der Waals surface area contributed by atoms with Crippen LogP contribution in [0.4, 0.5) is 5.69 Å². The van der Waals surface area contributed by atoms with Crippen LogP contribution >= 0.6 is 23.2 Å². The van der Waals surface area contributed by atoms with Gasteiger partial charge in [0.25, 0.3) is 0 Å². The minimum atomic E-state index is -0.417. The SMILES string of the molecule is Cc1cc(C)cc(N2C(=O)CC(c3c(Cl)cccc3Cl)C3=C2CC(C)(C)CC3=O)c1. The molecule has 0 saturated carbocycles. The zero-order valence-electron chi connectivity index (χ0n) is 17.7. The standard InChI is InChI=1S/C25H25Cl2NO2/c1-14-8-15(2)10-16(9-14)28-20-12-25(3,4)13-21(29)24(20)17(11-22(28)30)23-18(26)6-5-7-19(23)27/h5-10,17H,11-13H2,1-4H3. The fourth-order valence-corrected chi connectivity index (χ4v) is 5.55. The first-order valence-electron chi connectivity index (χ1n) is 10.2. The molecule has 1 unspecified atom stereocenters. The molecule has 4 rings (SSSR count). The van der Waals surface area contributed by atoms with Crippen LogP contribution in [0.2, 0.25) is 10.0 Å². The van der Waals surface area contributed by atoms with Gasteiger partial charge in [-0.3, -0.25) is 14.5 Å². The highest BCUT2D eigenvalue weighted by atomic mass is 35.5. The maximum atomic E-state index is 13.5. The highest BCUT2D eigenvalue weighted by Gasteiger charge is 2.45. The molecule has 0 radical (unpaired) electrons. The van der Waals surface area contributed by atoms with E-state index in [1.54, 1.807) is 23.1 Å². The first-order valence-corrected chi connectivity index (χ1v) is 10.9. The number of hydrogen-bond acceptors (Lipinski definition) is 2. The van der Waals surface area contributed by atoms with E-state index in [0.29, 0.717) is 34.0 Å². The topological polar surface area (TPSA) is 37.4 Å². The normalized spacial score (nSPS) is 21.1. The van der Waals surface area contributed by atoms with Crippen molar-refractivity contribution in [2.45, 2.75) is 52.9 Å². The van der Waals surface area contributed by atoms with Gasteiger partial charge in [-0.15, -0.1) is 0 Å². The molecule has 0 N–H and O–H groups in total. The summed E-state index contributed by atoms with van der Waals surface area (Å²) >= 11 is 13.0. The highest BCUT2D eigenvalue weighted by Crippen LogP contribution is 2.50. The van der Waals surface area contributed by atoms with Crippen molar-refractivity contribution in [2.24, 2.45) is 5.41 Å². The van der Waals surface area contributed by atoms with Crippen LogP contribution in [0.3, 0.4) is 0 Å². The van der Waals surface area contributed by atoms with Crippen LogP contribution in [0.25, 0.3) is 0 Å². The molecule has 1 aliphatic carbocycles. The Hall–Kier alpha value is -2.10. The van der Waals surface area contributed by atoms with Crippen molar-refractivity contribution in [3.05, 3.63) is 74.4 Å². The van der Waals surface area contributed by atoms with Crippen molar-refractivity contribution in [1.82, 2.24) is 0 Å². The molecule has 3 nitrogen and oxygen atoms in total. The van der Waals surface area contributed by atoms with Gasteiger partial charge in [0, 0.05) is 45.8 Å². The van der Waals surface area contributed by atoms with Gasteiger partial charge >= 0.3 is 0 Å². The van der Waals surface area contributed by atoms with E-state index >= 15 is 0 Å². The molecular formula is C25H25Cl2NO2. The zero-order chi connectivity index (χ0) is 21.8. The molecule has 0 aromatic heterocycles. The summed E-state index contributed by atoms with van der Waals surface area (Å²) in [5.74, 6) is -0.381. The third kappa shape index (κ3) is 3.70. The molecule has 5 heteroatoms. The molecule has 2 aliphatic rings. The van der Waals surface area contributed by atoms with Crippen molar-refractivity contribution in [3.63, 3.8) is 0 Å². The highest BCUT2D eigenvalue weighted by molar-refractivity contribution is 6.36. The molecule has 30 heavy (non-hydrogen) atoms. The van der Waals surface area contributed by atoms with E-state index in [0.717, 1.165) is 22.5 Å². The summed E-state index contributed by atoms with van der Waals surface area (Å²) in [7, 11) is 0. The quantitative estimate of drug-likeness (QED) is 0.515. The third-order valence-electron chi connectivity index (χ3n) is 5.96. The van der Waals surface area contributed by atoms with Crippen LogP contribution in [0.5, 0.6) is 0 Å². The lowest BCUT2D eigenvalue weighted by molar-refractivity contribution is -0.120. The maximum Gasteiger partial charge on any atom is 0.232 e. The smallest absolute Gasteiger partial charge is 0.232 e. The Balaban J connectivity index is 1.96. The molecule has 0 bridgehead atoms. The van der Waals surface area contributed by atoms with Gasteiger partial charge in [0.1, 0.15) is 0 Å². The molecule has 156 valence electrons. The molecule has 1 amide bonds. The molecule has 0 spiro atoms. The van der Waals surface area contributed by atoms with Crippen LogP contribution in [0, 0.1) is 19.3 Å². The van der Waals surface area contributed by atoms with Crippen molar-refractivity contribution >= 4 is 40.6 Å². The predicted molar refractivity (Wildman–Crippen MR) is 122 cm³/mol. The zero-order valence-corrected chi connectivity index (χ0v) is 19.2. The molecule has 1 atom stereocenters. The predicted octanol–water partition coefficient (Wildman–Crippen LogP) is 6.77. The first-order chi connectivity index (χ1) is 14.1. The van der Waals surface area contributed by atoms with Crippen LogP contribution in [-0.2, 0) is 9.59 Å². The molecular weight excluding hydrogens is 417 g/mol. The summed E-state index contributed by atoms with van der Waals surface area (Å²) in [5, 5.41) is 0.981. The van der Waals surface area contributed by atoms with Gasteiger partial charge in [0.2, 0.25) is 5.91 Å². The Bertz CT molecular complexity index is 1060. The van der Waals surface area contributed by atoms with Crippen LogP contribution in [0.15, 0.2) is 47.7 Å². The number of anilines is 1. The number of rotatable bonds is 2. The van der Waals surface area contributed by atoms with Gasteiger partial charge in [-0.25, -0.2) is 0 Å². The van der Waals surface area contributed by atoms with Gasteiger partial charge in [0.05, 0.1) is 0 Å². The fourth-order valence-electron chi connectivity index (χ4n) is 4.88. The minimum Gasteiger partial charge on any atom is -0.294 e. The fraction of sp³-hybridized carbons (Fsp3) is 0.360. The second-order valence-electron chi connectivity index (χ2n) is 9.27. The van der Waals surface area contributed by atoms with Crippen LogP contribution < -0.4 is 4.90 Å². The van der Waals surface area contributed by atoms with E-state index in [9.17, 15) is 9.59 Å². The number of aryl methyl sites for hydroxylation is 2. The average Bonchev–Trinajstić information content (AvgIpc) is 2.59. The van der Waals surface area contributed by atoms with Crippen molar-refractivity contribution in [1.29, 1.82) is 0 Å². The Morgan fingerprint density at radius 2 is 1.57 bits per heavy atom. The largest absolute Gasteiger partial charge is 0.294 e. The van der Waals surface area contributed by atoms with Gasteiger partial charge in [0.15, 0.2) is 5.78 Å². The number of allylic oxidation sites excluding steroid dienone is 2. The van der Waals surface area contributed by atoms with Gasteiger partial charge in [-0.05, 0) is 66.6 Å². The number of halogens is 2. The molecule has 2 aromatic carbocycles. The summed E-state index contributed by atoms with van der Waals surface area (Å²) < 4.78 is 0. The van der Waals surface area contributed by atoms with Gasteiger partial charge in [-0.1, -0.05) is 49.2 Å². The first kappa shape index (κ1) is 21.1. The summed E-state index contributed by atoms with van der Waals surface area (Å²) in [6.07, 6.45) is 1.26. The van der Waals surface area contributed by atoms with E-state index in [1.165, 1.54) is 0 Å². The van der Waals surface area contributed by atoms with Crippen molar-refractivity contribution in [3.8, 4) is 0 Å². The Kier molecular flexibility index (Phi) is 5.32. The summed E-state index contributed by atoms with van der Waals surface area (Å²) in [6.45, 7) is 8.18. The number of nitrogens with zero attached hydrogens (tertiary/aromatic N) is 1. The average molecular weight is 442 g/mol. The monoisotopic (exact) mass is 441 g/mol. The van der Waals surface area contributed by atoms with Gasteiger partial charge in [-0.2, -0.15) is 0 Å². The summed E-state index contributed by atoms with van der Waals surface area (Å²) in [5.41, 5.74) is 4.91. The van der Waals surface area contributed by atoms with E-state index in [2.05, 4.69) is 19.9 Å². The van der Waals surface area contributed by atoms with E-state index < -0.39 is 5.92 Å². The lowest BCUT2D eigenvalue weighted by Crippen LogP contribution is -2.43. The number of ketones is 1. The molecule has 0 saturated heterocycles. The van der Waals surface area contributed by atoms with Crippen LogP contribution in [-0.4, -0.2) is 11.7 Å². The molecule has 1 aliphatic heterocycles.